The minimum atomic E-state index is -1.85. The van der Waals surface area contributed by atoms with E-state index in [4.69, 9.17) is 9.16 Å². The van der Waals surface area contributed by atoms with Crippen molar-refractivity contribution in [3.8, 4) is 0 Å². The third-order valence-electron chi connectivity index (χ3n) is 5.44. The molecular formula is C18H26O3Si. The Morgan fingerprint density at radius 1 is 1.18 bits per heavy atom. The number of carbonyl (C=O) groups excluding carboxylic acids is 1. The van der Waals surface area contributed by atoms with Gasteiger partial charge in [0.1, 0.15) is 12.2 Å². The summed E-state index contributed by atoms with van der Waals surface area (Å²) < 4.78 is 12.2. The Labute approximate surface area is 134 Å². The summed E-state index contributed by atoms with van der Waals surface area (Å²) in [5.41, 5.74) is 1.09. The largest absolute Gasteiger partial charge is 0.411 e. The van der Waals surface area contributed by atoms with Crippen LogP contribution in [-0.2, 0) is 14.0 Å². The van der Waals surface area contributed by atoms with Crippen LogP contribution in [0.4, 0.5) is 0 Å². The number of benzene rings is 1. The number of ketones is 1. The topological polar surface area (TPSA) is 38.8 Å². The lowest BCUT2D eigenvalue weighted by atomic mass is 9.81. The maximum absolute atomic E-state index is 12.5. The molecule has 1 saturated carbocycles. The fourth-order valence-electron chi connectivity index (χ4n) is 2.97. The summed E-state index contributed by atoms with van der Waals surface area (Å²) in [4.78, 5) is 12.5. The first-order chi connectivity index (χ1) is 10.2. The minimum absolute atomic E-state index is 0.0124. The highest BCUT2D eigenvalue weighted by Crippen LogP contribution is 2.46. The zero-order chi connectivity index (χ0) is 16.1. The Morgan fingerprint density at radius 2 is 1.82 bits per heavy atom. The van der Waals surface area contributed by atoms with E-state index in [-0.39, 0.29) is 35.1 Å². The van der Waals surface area contributed by atoms with Gasteiger partial charge < -0.3 is 9.16 Å². The average molecular weight is 318 g/mol. The van der Waals surface area contributed by atoms with Crippen molar-refractivity contribution in [3.05, 3.63) is 35.9 Å². The second-order valence-electron chi connectivity index (χ2n) is 8.04. The molecule has 1 aromatic rings. The lowest BCUT2D eigenvalue weighted by Gasteiger charge is -2.40. The van der Waals surface area contributed by atoms with Crippen molar-refractivity contribution in [2.45, 2.75) is 69.6 Å². The molecule has 2 fully saturated rings. The Bertz CT molecular complexity index is 561. The summed E-state index contributed by atoms with van der Waals surface area (Å²) in [6, 6.07) is 10.0. The summed E-state index contributed by atoms with van der Waals surface area (Å²) in [7, 11) is -1.85. The van der Waals surface area contributed by atoms with Crippen LogP contribution in [-0.4, -0.2) is 32.4 Å². The molecule has 3 nitrogen and oxygen atoms in total. The first kappa shape index (κ1) is 15.9. The van der Waals surface area contributed by atoms with E-state index in [0.29, 0.717) is 0 Å². The van der Waals surface area contributed by atoms with Crippen molar-refractivity contribution in [2.75, 3.05) is 0 Å². The summed E-state index contributed by atoms with van der Waals surface area (Å²) >= 11 is 0. The number of epoxide rings is 1. The Morgan fingerprint density at radius 3 is 2.41 bits per heavy atom. The van der Waals surface area contributed by atoms with Crippen molar-refractivity contribution in [2.24, 2.45) is 0 Å². The second-order valence-corrected chi connectivity index (χ2v) is 12.8. The van der Waals surface area contributed by atoms with Crippen LogP contribution in [0, 0.1) is 0 Å². The van der Waals surface area contributed by atoms with E-state index in [1.165, 1.54) is 0 Å². The number of carbonyl (C=O) groups is 1. The van der Waals surface area contributed by atoms with Gasteiger partial charge >= 0.3 is 0 Å². The van der Waals surface area contributed by atoms with Crippen LogP contribution in [0.25, 0.3) is 0 Å². The zero-order valence-electron chi connectivity index (χ0n) is 14.1. The molecule has 2 aliphatic rings. The molecular weight excluding hydrogens is 292 g/mol. The molecule has 0 spiro atoms. The number of ether oxygens (including phenoxy) is 1. The maximum Gasteiger partial charge on any atom is 0.192 e. The molecule has 0 radical (unpaired) electrons. The van der Waals surface area contributed by atoms with Gasteiger partial charge in [0.25, 0.3) is 0 Å². The van der Waals surface area contributed by atoms with Gasteiger partial charge in [-0.25, -0.2) is 0 Å². The lowest BCUT2D eigenvalue weighted by Crippen LogP contribution is -2.48. The van der Waals surface area contributed by atoms with E-state index in [2.05, 4.69) is 33.9 Å². The molecule has 1 aromatic carbocycles. The molecule has 22 heavy (non-hydrogen) atoms. The summed E-state index contributed by atoms with van der Waals surface area (Å²) in [5.74, 6) is 0.144. The van der Waals surface area contributed by atoms with Crippen molar-refractivity contribution >= 4 is 14.1 Å². The predicted molar refractivity (Wildman–Crippen MR) is 89.5 cm³/mol. The number of hydrogen-bond donors (Lipinski definition) is 0. The normalized spacial score (nSPS) is 31.8. The van der Waals surface area contributed by atoms with Crippen LogP contribution < -0.4 is 0 Å². The Hall–Kier alpha value is -0.973. The molecule has 120 valence electrons. The van der Waals surface area contributed by atoms with Gasteiger partial charge in [0.2, 0.25) is 0 Å². The molecule has 1 aliphatic heterocycles. The minimum Gasteiger partial charge on any atom is -0.411 e. The number of rotatable bonds is 3. The smallest absolute Gasteiger partial charge is 0.192 e. The molecule has 1 aliphatic carbocycles. The summed E-state index contributed by atoms with van der Waals surface area (Å²) in [6.07, 6.45) is 0.542. The number of fused-ring (bicyclic) bond motifs is 1. The van der Waals surface area contributed by atoms with Gasteiger partial charge in [-0.3, -0.25) is 4.79 Å². The highest BCUT2D eigenvalue weighted by Gasteiger charge is 2.58. The second kappa shape index (κ2) is 5.29. The fourth-order valence-corrected chi connectivity index (χ4v) is 4.31. The molecule has 1 heterocycles. The van der Waals surface area contributed by atoms with Crippen LogP contribution in [0.15, 0.2) is 30.3 Å². The van der Waals surface area contributed by atoms with E-state index < -0.39 is 8.32 Å². The summed E-state index contributed by atoms with van der Waals surface area (Å²) in [6.45, 7) is 11.3. The number of Topliss-reactive ketones (excluding diaryl/α,β-unsaturated/α-hetero) is 1. The molecule has 3 rings (SSSR count). The van der Waals surface area contributed by atoms with Crippen LogP contribution in [0.3, 0.4) is 0 Å². The third kappa shape index (κ3) is 2.80. The van der Waals surface area contributed by atoms with E-state index in [0.717, 1.165) is 12.0 Å². The Balaban J connectivity index is 1.79. The monoisotopic (exact) mass is 318 g/mol. The highest BCUT2D eigenvalue weighted by molar-refractivity contribution is 6.74. The molecule has 0 aromatic heterocycles. The van der Waals surface area contributed by atoms with Crippen LogP contribution in [0.5, 0.6) is 0 Å². The van der Waals surface area contributed by atoms with Crippen molar-refractivity contribution < 1.29 is 14.0 Å². The van der Waals surface area contributed by atoms with Crippen molar-refractivity contribution in [3.63, 3.8) is 0 Å². The first-order valence-electron chi connectivity index (χ1n) is 8.13. The molecule has 0 unspecified atom stereocenters. The SMILES string of the molecule is CC(C)(C)[Si](C)(C)O[C@@H]1C[C@H](c2ccccc2)C(=O)[C@H]2O[C@H]21. The average Bonchev–Trinajstić information content (AvgIpc) is 3.22. The summed E-state index contributed by atoms with van der Waals surface area (Å²) in [5, 5.41) is 0.168. The van der Waals surface area contributed by atoms with Crippen LogP contribution >= 0.6 is 0 Å². The van der Waals surface area contributed by atoms with E-state index >= 15 is 0 Å². The molecule has 0 bridgehead atoms. The van der Waals surface area contributed by atoms with Gasteiger partial charge in [0, 0.05) is 5.92 Å². The standard InChI is InChI=1S/C18H26O3Si/c1-18(2,3)22(4,5)21-14-11-13(12-9-7-6-8-10-12)15(19)17-16(14)20-17/h6-10,13-14,16-17H,11H2,1-5H3/t13-,14-,16+,17-/m1/s1. The fraction of sp³-hybridized carbons (Fsp3) is 0.611. The van der Waals surface area contributed by atoms with Gasteiger partial charge in [-0.1, -0.05) is 51.1 Å². The van der Waals surface area contributed by atoms with Gasteiger partial charge in [0.05, 0.1) is 6.10 Å². The lowest BCUT2D eigenvalue weighted by molar-refractivity contribution is -0.123. The third-order valence-corrected chi connectivity index (χ3v) is 9.94. The predicted octanol–water partition coefficient (Wildman–Crippen LogP) is 3.90. The molecule has 0 amide bonds. The maximum atomic E-state index is 12.5. The van der Waals surface area contributed by atoms with Gasteiger partial charge in [0.15, 0.2) is 14.1 Å². The molecule has 4 heteroatoms. The molecule has 1 saturated heterocycles. The van der Waals surface area contributed by atoms with E-state index in [1.807, 2.05) is 30.3 Å². The Kier molecular flexibility index (Phi) is 3.82. The zero-order valence-corrected chi connectivity index (χ0v) is 15.1. The highest BCUT2D eigenvalue weighted by atomic mass is 28.4. The van der Waals surface area contributed by atoms with Crippen LogP contribution in [0.1, 0.15) is 38.7 Å². The van der Waals surface area contributed by atoms with Crippen molar-refractivity contribution in [1.29, 1.82) is 0 Å². The van der Waals surface area contributed by atoms with Gasteiger partial charge in [-0.05, 0) is 30.1 Å². The number of hydrogen-bond acceptors (Lipinski definition) is 3. The van der Waals surface area contributed by atoms with E-state index in [1.54, 1.807) is 0 Å². The van der Waals surface area contributed by atoms with Crippen molar-refractivity contribution in [1.82, 2.24) is 0 Å². The molecule has 4 atom stereocenters. The quantitative estimate of drug-likeness (QED) is 0.627. The van der Waals surface area contributed by atoms with Crippen LogP contribution in [0.2, 0.25) is 18.1 Å². The van der Waals surface area contributed by atoms with Gasteiger partial charge in [-0.15, -0.1) is 0 Å². The molecule has 0 N–H and O–H groups in total. The van der Waals surface area contributed by atoms with E-state index in [9.17, 15) is 4.79 Å². The van der Waals surface area contributed by atoms with Gasteiger partial charge in [-0.2, -0.15) is 0 Å². The first-order valence-corrected chi connectivity index (χ1v) is 11.0.